The SMILES string of the molecule is CCCNC(=O)NC(N)=NCC. The minimum absolute atomic E-state index is 0.158. The number of hydrogen-bond donors (Lipinski definition) is 3. The summed E-state index contributed by atoms with van der Waals surface area (Å²) in [5.41, 5.74) is 5.33. The zero-order valence-corrected chi connectivity index (χ0v) is 7.55. The van der Waals surface area contributed by atoms with Gasteiger partial charge in [0, 0.05) is 13.1 Å². The molecule has 0 aliphatic heterocycles. The highest BCUT2D eigenvalue weighted by atomic mass is 16.2. The molecule has 0 aromatic rings. The molecule has 0 unspecified atom stereocenters. The van der Waals surface area contributed by atoms with Crippen molar-refractivity contribution in [2.45, 2.75) is 20.3 Å². The van der Waals surface area contributed by atoms with Crippen LogP contribution in [0.15, 0.2) is 4.99 Å². The van der Waals surface area contributed by atoms with Gasteiger partial charge >= 0.3 is 6.03 Å². The summed E-state index contributed by atoms with van der Waals surface area (Å²) in [6, 6.07) is -0.299. The number of nitrogens with two attached hydrogens (primary N) is 1. The highest BCUT2D eigenvalue weighted by Gasteiger charge is 1.98. The van der Waals surface area contributed by atoms with Crippen molar-refractivity contribution in [2.75, 3.05) is 13.1 Å². The Kier molecular flexibility index (Phi) is 5.77. The van der Waals surface area contributed by atoms with Crippen LogP contribution in [0, 0.1) is 0 Å². The molecule has 0 saturated heterocycles. The van der Waals surface area contributed by atoms with E-state index in [1.807, 2.05) is 13.8 Å². The van der Waals surface area contributed by atoms with Crippen molar-refractivity contribution in [1.82, 2.24) is 10.6 Å². The van der Waals surface area contributed by atoms with Crippen molar-refractivity contribution >= 4 is 12.0 Å². The summed E-state index contributed by atoms with van der Waals surface area (Å²) >= 11 is 0. The van der Waals surface area contributed by atoms with Gasteiger partial charge in [0.2, 0.25) is 0 Å². The number of carbonyl (C=O) groups excluding carboxylic acids is 1. The van der Waals surface area contributed by atoms with Crippen LogP contribution in [-0.2, 0) is 0 Å². The maximum atomic E-state index is 10.9. The summed E-state index contributed by atoms with van der Waals surface area (Å²) in [5, 5.41) is 5.00. The molecule has 0 atom stereocenters. The lowest BCUT2D eigenvalue weighted by Crippen LogP contribution is -2.43. The lowest BCUT2D eigenvalue weighted by atomic mass is 10.5. The molecule has 0 fully saturated rings. The maximum Gasteiger partial charge on any atom is 0.321 e. The van der Waals surface area contributed by atoms with Gasteiger partial charge in [0.05, 0.1) is 0 Å². The third-order valence-corrected chi connectivity index (χ3v) is 1.11. The summed E-state index contributed by atoms with van der Waals surface area (Å²) in [4.78, 5) is 14.7. The molecule has 12 heavy (non-hydrogen) atoms. The molecule has 0 heterocycles. The van der Waals surface area contributed by atoms with Crippen LogP contribution >= 0.6 is 0 Å². The molecule has 70 valence electrons. The van der Waals surface area contributed by atoms with Gasteiger partial charge in [-0.1, -0.05) is 6.92 Å². The maximum absolute atomic E-state index is 10.9. The number of nitrogens with one attached hydrogen (secondary N) is 2. The van der Waals surface area contributed by atoms with Gasteiger partial charge in [-0.2, -0.15) is 0 Å². The number of guanidine groups is 1. The van der Waals surface area contributed by atoms with Crippen molar-refractivity contribution in [3.05, 3.63) is 0 Å². The van der Waals surface area contributed by atoms with Gasteiger partial charge in [0.25, 0.3) is 0 Å². The highest BCUT2D eigenvalue weighted by molar-refractivity contribution is 5.95. The van der Waals surface area contributed by atoms with E-state index in [0.29, 0.717) is 13.1 Å². The smallest absolute Gasteiger partial charge is 0.321 e. The number of amides is 2. The second-order valence-corrected chi connectivity index (χ2v) is 2.24. The fourth-order valence-corrected chi connectivity index (χ4v) is 0.609. The molecule has 5 heteroatoms. The van der Waals surface area contributed by atoms with E-state index < -0.39 is 0 Å². The molecule has 0 aromatic heterocycles. The molecule has 0 aliphatic rings. The van der Waals surface area contributed by atoms with Gasteiger partial charge in [-0.25, -0.2) is 4.79 Å². The summed E-state index contributed by atoms with van der Waals surface area (Å²) in [5.74, 6) is 0.158. The Balaban J connectivity index is 3.61. The second kappa shape index (κ2) is 6.45. The number of aliphatic imine (C=N–C) groups is 1. The Labute approximate surface area is 72.4 Å². The van der Waals surface area contributed by atoms with Crippen LogP contribution in [0.4, 0.5) is 4.79 Å². The molecule has 0 bridgehead atoms. The number of rotatable bonds is 3. The molecule has 0 radical (unpaired) electrons. The number of hydrogen-bond acceptors (Lipinski definition) is 2. The monoisotopic (exact) mass is 172 g/mol. The standard InChI is InChI=1S/C7H16N4O/c1-3-5-10-7(12)11-6(8)9-4-2/h3-5H2,1-2H3,(H4,8,9,10,11,12). The molecule has 0 aliphatic carbocycles. The minimum Gasteiger partial charge on any atom is -0.370 e. The molecule has 2 amide bonds. The van der Waals surface area contributed by atoms with Crippen LogP contribution in [0.25, 0.3) is 0 Å². The third-order valence-electron chi connectivity index (χ3n) is 1.11. The predicted octanol–water partition coefficient (Wildman–Crippen LogP) is 0.0302. The summed E-state index contributed by atoms with van der Waals surface area (Å²) in [6.07, 6.45) is 0.901. The molecule has 5 nitrogen and oxygen atoms in total. The quantitative estimate of drug-likeness (QED) is 0.415. The topological polar surface area (TPSA) is 79.5 Å². The van der Waals surface area contributed by atoms with Crippen molar-refractivity contribution in [3.63, 3.8) is 0 Å². The van der Waals surface area contributed by atoms with Gasteiger partial charge in [-0.15, -0.1) is 0 Å². The van der Waals surface area contributed by atoms with Crippen LogP contribution in [0.1, 0.15) is 20.3 Å². The normalized spacial score (nSPS) is 11.0. The van der Waals surface area contributed by atoms with E-state index >= 15 is 0 Å². The lowest BCUT2D eigenvalue weighted by molar-refractivity contribution is 0.245. The fraction of sp³-hybridized carbons (Fsp3) is 0.714. The van der Waals surface area contributed by atoms with Crippen LogP contribution in [0.2, 0.25) is 0 Å². The first-order valence-electron chi connectivity index (χ1n) is 4.05. The largest absolute Gasteiger partial charge is 0.370 e. The molecule has 0 saturated carbocycles. The zero-order valence-electron chi connectivity index (χ0n) is 7.55. The molecule has 0 aromatic carbocycles. The fourth-order valence-electron chi connectivity index (χ4n) is 0.609. The van der Waals surface area contributed by atoms with Crippen molar-refractivity contribution in [1.29, 1.82) is 0 Å². The van der Waals surface area contributed by atoms with E-state index in [0.717, 1.165) is 6.42 Å². The molecule has 4 N–H and O–H groups in total. The Morgan fingerprint density at radius 3 is 2.67 bits per heavy atom. The van der Waals surface area contributed by atoms with Gasteiger partial charge < -0.3 is 11.1 Å². The van der Waals surface area contributed by atoms with E-state index in [1.165, 1.54) is 0 Å². The second-order valence-electron chi connectivity index (χ2n) is 2.24. The number of nitrogens with zero attached hydrogens (tertiary/aromatic N) is 1. The van der Waals surface area contributed by atoms with E-state index in [1.54, 1.807) is 0 Å². The lowest BCUT2D eigenvalue weighted by Gasteiger charge is -2.04. The summed E-state index contributed by atoms with van der Waals surface area (Å²) in [6.45, 7) is 5.04. The van der Waals surface area contributed by atoms with Gasteiger partial charge in [-0.3, -0.25) is 10.3 Å². The summed E-state index contributed by atoms with van der Waals surface area (Å²) < 4.78 is 0. The first-order valence-corrected chi connectivity index (χ1v) is 4.05. The number of carbonyl (C=O) groups is 1. The van der Waals surface area contributed by atoms with Crippen LogP contribution in [-0.4, -0.2) is 25.1 Å². The zero-order chi connectivity index (χ0) is 9.40. The van der Waals surface area contributed by atoms with Crippen LogP contribution < -0.4 is 16.4 Å². The average Bonchev–Trinajstić information content (AvgIpc) is 2.01. The Hall–Kier alpha value is -1.26. The van der Waals surface area contributed by atoms with E-state index in [4.69, 9.17) is 5.73 Å². The average molecular weight is 172 g/mol. The first-order chi connectivity index (χ1) is 5.70. The Morgan fingerprint density at radius 1 is 1.50 bits per heavy atom. The van der Waals surface area contributed by atoms with E-state index in [-0.39, 0.29) is 12.0 Å². The van der Waals surface area contributed by atoms with Gasteiger partial charge in [0.1, 0.15) is 0 Å². The van der Waals surface area contributed by atoms with Gasteiger partial charge in [-0.05, 0) is 13.3 Å². The third kappa shape index (κ3) is 5.52. The van der Waals surface area contributed by atoms with Crippen LogP contribution in [0.5, 0.6) is 0 Å². The molecular weight excluding hydrogens is 156 g/mol. The molecule has 0 rings (SSSR count). The molecular formula is C7H16N4O. The van der Waals surface area contributed by atoms with Crippen molar-refractivity contribution in [2.24, 2.45) is 10.7 Å². The Bertz CT molecular complexity index is 167. The number of urea groups is 1. The van der Waals surface area contributed by atoms with Crippen molar-refractivity contribution in [3.8, 4) is 0 Å². The Morgan fingerprint density at radius 2 is 2.17 bits per heavy atom. The van der Waals surface area contributed by atoms with E-state index in [9.17, 15) is 4.79 Å². The van der Waals surface area contributed by atoms with Crippen molar-refractivity contribution < 1.29 is 4.79 Å². The van der Waals surface area contributed by atoms with E-state index in [2.05, 4.69) is 15.6 Å². The summed E-state index contributed by atoms with van der Waals surface area (Å²) in [7, 11) is 0. The minimum atomic E-state index is -0.299. The van der Waals surface area contributed by atoms with Crippen LogP contribution in [0.3, 0.4) is 0 Å². The van der Waals surface area contributed by atoms with Gasteiger partial charge in [0.15, 0.2) is 5.96 Å². The predicted molar refractivity (Wildman–Crippen MR) is 49.0 cm³/mol. The molecule has 0 spiro atoms. The first kappa shape index (κ1) is 10.7. The highest BCUT2D eigenvalue weighted by Crippen LogP contribution is 1.71.